The molecular formula is C38H28N2S. The first-order chi connectivity index (χ1) is 20.0. The monoisotopic (exact) mass is 544 g/mol. The summed E-state index contributed by atoms with van der Waals surface area (Å²) in [7, 11) is 0. The first-order valence-corrected chi connectivity index (χ1v) is 14.9. The zero-order valence-corrected chi connectivity index (χ0v) is 24.1. The highest BCUT2D eigenvalue weighted by molar-refractivity contribution is 7.26. The Labute approximate surface area is 242 Å². The SMILES string of the molecule is CC(C)(C)c1nc2c3ccccc3c3ccccc3c2nc1-c1cccc(-c2cccc3c2sc2ccccc23)c1. The number of fused-ring (bicyclic) bond motifs is 9. The lowest BCUT2D eigenvalue weighted by atomic mass is 9.87. The maximum absolute atomic E-state index is 5.46. The summed E-state index contributed by atoms with van der Waals surface area (Å²) in [4.78, 5) is 10.9. The molecule has 2 nitrogen and oxygen atoms in total. The van der Waals surface area contributed by atoms with Crippen molar-refractivity contribution in [1.82, 2.24) is 9.97 Å². The Hall–Kier alpha value is -4.60. The van der Waals surface area contributed by atoms with E-state index in [1.54, 1.807) is 0 Å². The van der Waals surface area contributed by atoms with Gasteiger partial charge in [0, 0.05) is 41.9 Å². The van der Waals surface area contributed by atoms with Crippen molar-refractivity contribution < 1.29 is 0 Å². The molecule has 8 aromatic rings. The Balaban J connectivity index is 1.42. The van der Waals surface area contributed by atoms with Gasteiger partial charge in [-0.15, -0.1) is 11.3 Å². The molecule has 0 N–H and O–H groups in total. The summed E-state index contributed by atoms with van der Waals surface area (Å²) in [6.07, 6.45) is 0. The Kier molecular flexibility index (Phi) is 5.29. The molecule has 0 unspecified atom stereocenters. The van der Waals surface area contributed by atoms with Gasteiger partial charge < -0.3 is 0 Å². The van der Waals surface area contributed by atoms with Crippen LogP contribution in [-0.2, 0) is 5.41 Å². The molecule has 0 amide bonds. The molecule has 3 heteroatoms. The van der Waals surface area contributed by atoms with E-state index in [1.165, 1.54) is 42.1 Å². The third-order valence-electron chi connectivity index (χ3n) is 8.11. The van der Waals surface area contributed by atoms with E-state index in [4.69, 9.17) is 9.97 Å². The van der Waals surface area contributed by atoms with Gasteiger partial charge in [-0.1, -0.05) is 124 Å². The molecule has 2 aromatic heterocycles. The third kappa shape index (κ3) is 3.77. The Morgan fingerprint density at radius 3 is 1.78 bits per heavy atom. The molecule has 0 saturated heterocycles. The lowest BCUT2D eigenvalue weighted by Gasteiger charge is -2.23. The van der Waals surface area contributed by atoms with Gasteiger partial charge in [-0.2, -0.15) is 0 Å². The van der Waals surface area contributed by atoms with Crippen LogP contribution in [0.3, 0.4) is 0 Å². The number of rotatable bonds is 2. The molecule has 0 aliphatic carbocycles. The van der Waals surface area contributed by atoms with Gasteiger partial charge in [-0.05, 0) is 34.0 Å². The van der Waals surface area contributed by atoms with Gasteiger partial charge in [-0.25, -0.2) is 9.97 Å². The van der Waals surface area contributed by atoms with Gasteiger partial charge in [0.05, 0.1) is 22.4 Å². The summed E-state index contributed by atoms with van der Waals surface area (Å²) < 4.78 is 2.64. The first kappa shape index (κ1) is 24.2. The molecular weight excluding hydrogens is 516 g/mol. The molecule has 0 spiro atoms. The van der Waals surface area contributed by atoms with Crippen molar-refractivity contribution in [1.29, 1.82) is 0 Å². The number of aromatic nitrogens is 2. The van der Waals surface area contributed by atoms with Crippen molar-refractivity contribution in [3.05, 3.63) is 121 Å². The van der Waals surface area contributed by atoms with E-state index in [1.807, 2.05) is 11.3 Å². The highest BCUT2D eigenvalue weighted by Crippen LogP contribution is 2.42. The summed E-state index contributed by atoms with van der Waals surface area (Å²) >= 11 is 1.87. The van der Waals surface area contributed by atoms with Gasteiger partial charge in [0.25, 0.3) is 0 Å². The number of benzene rings is 6. The van der Waals surface area contributed by atoms with Crippen LogP contribution in [0.1, 0.15) is 26.5 Å². The minimum Gasteiger partial charge on any atom is -0.248 e. The number of hydrogen-bond acceptors (Lipinski definition) is 3. The van der Waals surface area contributed by atoms with E-state index >= 15 is 0 Å². The van der Waals surface area contributed by atoms with E-state index in [-0.39, 0.29) is 5.41 Å². The van der Waals surface area contributed by atoms with Crippen LogP contribution in [0.15, 0.2) is 115 Å². The molecule has 2 heterocycles. The van der Waals surface area contributed by atoms with Crippen molar-refractivity contribution in [3.8, 4) is 22.4 Å². The van der Waals surface area contributed by atoms with Crippen LogP contribution >= 0.6 is 11.3 Å². The molecule has 0 fully saturated rings. The fourth-order valence-electron chi connectivity index (χ4n) is 6.19. The second kappa shape index (κ2) is 8.95. The maximum Gasteiger partial charge on any atom is 0.0979 e. The van der Waals surface area contributed by atoms with Gasteiger partial charge in [0.2, 0.25) is 0 Å². The molecule has 0 aliphatic heterocycles. The van der Waals surface area contributed by atoms with E-state index in [9.17, 15) is 0 Å². The zero-order valence-electron chi connectivity index (χ0n) is 23.3. The average molecular weight is 545 g/mol. The van der Waals surface area contributed by atoms with Crippen molar-refractivity contribution in [2.45, 2.75) is 26.2 Å². The van der Waals surface area contributed by atoms with Crippen molar-refractivity contribution in [2.75, 3.05) is 0 Å². The molecule has 0 atom stereocenters. The highest BCUT2D eigenvalue weighted by atomic mass is 32.1. The highest BCUT2D eigenvalue weighted by Gasteiger charge is 2.25. The predicted molar refractivity (Wildman–Crippen MR) is 177 cm³/mol. The summed E-state index contributed by atoms with van der Waals surface area (Å²) in [6, 6.07) is 41.4. The molecule has 0 aliphatic rings. The molecule has 196 valence electrons. The van der Waals surface area contributed by atoms with Crippen LogP contribution in [0.25, 0.3) is 75.1 Å². The normalized spacial score (nSPS) is 12.3. The quantitative estimate of drug-likeness (QED) is 0.202. The first-order valence-electron chi connectivity index (χ1n) is 14.1. The summed E-state index contributed by atoms with van der Waals surface area (Å²) in [5.41, 5.74) is 7.26. The summed E-state index contributed by atoms with van der Waals surface area (Å²) in [5, 5.41) is 7.35. The van der Waals surface area contributed by atoms with Crippen LogP contribution in [0, 0.1) is 0 Å². The van der Waals surface area contributed by atoms with Gasteiger partial charge in [0.15, 0.2) is 0 Å². The van der Waals surface area contributed by atoms with Gasteiger partial charge >= 0.3 is 0 Å². The van der Waals surface area contributed by atoms with E-state index in [0.717, 1.165) is 38.8 Å². The second-order valence-corrected chi connectivity index (χ2v) is 12.9. The predicted octanol–water partition coefficient (Wildman–Crippen LogP) is 10.9. The van der Waals surface area contributed by atoms with Crippen molar-refractivity contribution >= 4 is 64.1 Å². The Bertz CT molecular complexity index is 2300. The van der Waals surface area contributed by atoms with Gasteiger partial charge in [-0.3, -0.25) is 0 Å². The number of thiophene rings is 1. The topological polar surface area (TPSA) is 25.8 Å². The summed E-state index contributed by atoms with van der Waals surface area (Å²) in [6.45, 7) is 6.70. The van der Waals surface area contributed by atoms with E-state index < -0.39 is 0 Å². The molecule has 0 radical (unpaired) electrons. The van der Waals surface area contributed by atoms with E-state index in [2.05, 4.69) is 136 Å². The fraction of sp³-hybridized carbons (Fsp3) is 0.105. The lowest BCUT2D eigenvalue weighted by molar-refractivity contribution is 0.571. The smallest absolute Gasteiger partial charge is 0.0979 e. The minimum atomic E-state index is -0.190. The minimum absolute atomic E-state index is 0.190. The maximum atomic E-state index is 5.46. The number of hydrogen-bond donors (Lipinski definition) is 0. The zero-order chi connectivity index (χ0) is 27.7. The Morgan fingerprint density at radius 2 is 1.07 bits per heavy atom. The molecule has 6 aromatic carbocycles. The summed E-state index contributed by atoms with van der Waals surface area (Å²) in [5.74, 6) is 0. The van der Waals surface area contributed by atoms with Crippen molar-refractivity contribution in [2.24, 2.45) is 0 Å². The van der Waals surface area contributed by atoms with Crippen LogP contribution in [-0.4, -0.2) is 9.97 Å². The fourth-order valence-corrected chi connectivity index (χ4v) is 7.43. The van der Waals surface area contributed by atoms with E-state index in [0.29, 0.717) is 0 Å². The van der Waals surface area contributed by atoms with Crippen molar-refractivity contribution in [3.63, 3.8) is 0 Å². The Morgan fingerprint density at radius 1 is 0.512 bits per heavy atom. The molecule has 41 heavy (non-hydrogen) atoms. The standard InChI is InChI=1S/C38H28N2S/c1-38(2,3)37-33(39-34-29-17-6-4-14-26(29)27-15-5-7-18-30(27)35(34)40-37)24-13-10-12-23(22-24)25-19-11-20-31-28-16-8-9-21-32(28)41-36(25)31/h4-22H,1-3H3. The number of nitrogens with zero attached hydrogens (tertiary/aromatic N) is 2. The van der Waals surface area contributed by atoms with Crippen LogP contribution in [0.2, 0.25) is 0 Å². The second-order valence-electron chi connectivity index (χ2n) is 11.8. The largest absolute Gasteiger partial charge is 0.248 e. The molecule has 0 saturated carbocycles. The van der Waals surface area contributed by atoms with Gasteiger partial charge in [0.1, 0.15) is 0 Å². The average Bonchev–Trinajstić information content (AvgIpc) is 3.39. The van der Waals surface area contributed by atoms with Crippen LogP contribution in [0.4, 0.5) is 0 Å². The lowest BCUT2D eigenvalue weighted by Crippen LogP contribution is -2.16. The molecule has 8 rings (SSSR count). The van der Waals surface area contributed by atoms with Crippen LogP contribution < -0.4 is 0 Å². The molecule has 0 bridgehead atoms. The van der Waals surface area contributed by atoms with Crippen LogP contribution in [0.5, 0.6) is 0 Å². The third-order valence-corrected chi connectivity index (χ3v) is 9.33.